The summed E-state index contributed by atoms with van der Waals surface area (Å²) in [5.41, 5.74) is 16.4. The molecule has 0 atom stereocenters. The van der Waals surface area contributed by atoms with Crippen LogP contribution in [0.2, 0.25) is 0 Å². The summed E-state index contributed by atoms with van der Waals surface area (Å²) >= 11 is 0. The number of hydrogen-bond acceptors (Lipinski definition) is 1. The van der Waals surface area contributed by atoms with E-state index in [0.717, 1.165) is 22.7 Å². The highest BCUT2D eigenvalue weighted by Gasteiger charge is 2.46. The highest BCUT2D eigenvalue weighted by atomic mass is 15.1. The van der Waals surface area contributed by atoms with Gasteiger partial charge in [0.2, 0.25) is 0 Å². The molecule has 0 amide bonds. The predicted octanol–water partition coefficient (Wildman–Crippen LogP) is 16.6. The van der Waals surface area contributed by atoms with Gasteiger partial charge in [0.25, 0.3) is 0 Å². The van der Waals surface area contributed by atoms with E-state index in [0.29, 0.717) is 0 Å². The standard InChI is InChI=1S/C63H42N2/c1-4-18-46(19-5-1)63(47-20-6-2-7-21-47)58-28-14-12-25-55(58)56-40-38-51(42-59(56)63)64(50-37-39-53-45(41-50)32-31-43-17-10-11-24-52(43)53)49-35-33-44(34-36-49)54-27-16-30-61-62(54)57-26-13-15-29-60(57)65(61)48-22-8-3-9-23-48/h1-42H. The minimum absolute atomic E-state index is 0.514. The van der Waals surface area contributed by atoms with E-state index in [9.17, 15) is 0 Å². The average molecular weight is 827 g/mol. The van der Waals surface area contributed by atoms with E-state index in [1.165, 1.54) is 87.9 Å². The molecule has 1 heterocycles. The number of hydrogen-bond donors (Lipinski definition) is 0. The summed E-state index contributed by atoms with van der Waals surface area (Å²) in [4.78, 5) is 2.45. The van der Waals surface area contributed by atoms with Gasteiger partial charge in [-0.2, -0.15) is 0 Å². The molecule has 0 unspecified atom stereocenters. The van der Waals surface area contributed by atoms with Crippen LogP contribution in [0.4, 0.5) is 17.1 Å². The van der Waals surface area contributed by atoms with E-state index < -0.39 is 5.41 Å². The molecule has 2 heteroatoms. The molecule has 0 fully saturated rings. The smallest absolute Gasteiger partial charge is 0.0714 e. The van der Waals surface area contributed by atoms with Gasteiger partial charge in [-0.25, -0.2) is 0 Å². The molecule has 0 saturated carbocycles. The molecule has 0 aliphatic heterocycles. The molecule has 0 N–H and O–H groups in total. The van der Waals surface area contributed by atoms with E-state index in [1.54, 1.807) is 0 Å². The topological polar surface area (TPSA) is 8.17 Å². The third-order valence-electron chi connectivity index (χ3n) is 13.8. The van der Waals surface area contributed by atoms with Gasteiger partial charge >= 0.3 is 0 Å². The maximum absolute atomic E-state index is 2.47. The van der Waals surface area contributed by atoms with E-state index in [4.69, 9.17) is 0 Å². The van der Waals surface area contributed by atoms with Crippen LogP contribution in [0, 0.1) is 0 Å². The number of fused-ring (bicyclic) bond motifs is 9. The Kier molecular flexibility index (Phi) is 8.47. The molecule has 1 aromatic heterocycles. The number of benzene rings is 11. The zero-order valence-corrected chi connectivity index (χ0v) is 35.6. The van der Waals surface area contributed by atoms with Gasteiger partial charge in [0.05, 0.1) is 16.4 Å². The van der Waals surface area contributed by atoms with Gasteiger partial charge in [0.1, 0.15) is 0 Å². The summed E-state index contributed by atoms with van der Waals surface area (Å²) < 4.78 is 2.39. The predicted molar refractivity (Wildman–Crippen MR) is 273 cm³/mol. The van der Waals surface area contributed by atoms with Crippen LogP contribution >= 0.6 is 0 Å². The second kappa shape index (κ2) is 14.8. The van der Waals surface area contributed by atoms with Gasteiger partial charge < -0.3 is 9.47 Å². The lowest BCUT2D eigenvalue weighted by molar-refractivity contribution is 0.768. The summed E-state index contributed by atoms with van der Waals surface area (Å²) in [6.45, 7) is 0. The Labute approximate surface area is 378 Å². The Hall–Kier alpha value is -8.46. The number of nitrogens with zero attached hydrogens (tertiary/aromatic N) is 2. The first-order valence-electron chi connectivity index (χ1n) is 22.5. The number of rotatable bonds is 7. The fourth-order valence-electron chi connectivity index (χ4n) is 11.1. The third-order valence-corrected chi connectivity index (χ3v) is 13.8. The minimum Gasteiger partial charge on any atom is -0.310 e. The molecule has 1 aliphatic rings. The quantitative estimate of drug-likeness (QED) is 0.145. The Balaban J connectivity index is 1.02. The Morgan fingerprint density at radius 1 is 0.323 bits per heavy atom. The van der Waals surface area contributed by atoms with Gasteiger partial charge in [-0.1, -0.05) is 194 Å². The monoisotopic (exact) mass is 826 g/mol. The van der Waals surface area contributed by atoms with E-state index >= 15 is 0 Å². The molecule has 2 nitrogen and oxygen atoms in total. The maximum atomic E-state index is 2.47. The van der Waals surface area contributed by atoms with Crippen molar-refractivity contribution in [3.8, 4) is 27.9 Å². The fourth-order valence-corrected chi connectivity index (χ4v) is 11.1. The molecule has 0 spiro atoms. The van der Waals surface area contributed by atoms with Crippen LogP contribution < -0.4 is 4.90 Å². The van der Waals surface area contributed by atoms with Crippen molar-refractivity contribution in [1.29, 1.82) is 0 Å². The van der Waals surface area contributed by atoms with Crippen LogP contribution in [0.15, 0.2) is 255 Å². The Bertz CT molecular complexity index is 3720. The lowest BCUT2D eigenvalue weighted by Gasteiger charge is -2.35. The van der Waals surface area contributed by atoms with Crippen molar-refractivity contribution in [3.05, 3.63) is 277 Å². The lowest BCUT2D eigenvalue weighted by Crippen LogP contribution is -2.28. The Morgan fingerprint density at radius 3 is 1.66 bits per heavy atom. The fraction of sp³-hybridized carbons (Fsp3) is 0.0159. The highest BCUT2D eigenvalue weighted by molar-refractivity contribution is 6.16. The summed E-state index contributed by atoms with van der Waals surface area (Å²) in [7, 11) is 0. The van der Waals surface area contributed by atoms with Crippen molar-refractivity contribution in [2.75, 3.05) is 4.90 Å². The molecule has 65 heavy (non-hydrogen) atoms. The number of aromatic nitrogens is 1. The molecular formula is C63H42N2. The maximum Gasteiger partial charge on any atom is 0.0714 e. The molecule has 13 rings (SSSR count). The summed E-state index contributed by atoms with van der Waals surface area (Å²) in [6, 6.07) is 93.9. The molecule has 0 radical (unpaired) electrons. The van der Waals surface area contributed by atoms with Crippen LogP contribution in [0.3, 0.4) is 0 Å². The van der Waals surface area contributed by atoms with Gasteiger partial charge in [-0.15, -0.1) is 0 Å². The molecule has 1 aliphatic carbocycles. The summed E-state index contributed by atoms with van der Waals surface area (Å²) in [6.07, 6.45) is 0. The van der Waals surface area contributed by atoms with Crippen molar-refractivity contribution in [3.63, 3.8) is 0 Å². The van der Waals surface area contributed by atoms with Gasteiger partial charge in [0.15, 0.2) is 0 Å². The Morgan fingerprint density at radius 2 is 0.877 bits per heavy atom. The number of para-hydroxylation sites is 2. The van der Waals surface area contributed by atoms with Crippen LogP contribution in [-0.4, -0.2) is 4.57 Å². The molecule has 12 aromatic rings. The van der Waals surface area contributed by atoms with Crippen molar-refractivity contribution < 1.29 is 0 Å². The SMILES string of the molecule is c1ccc(-n2c3ccccc3c3c(-c4ccc(N(c5ccc6c(c5)C(c5ccccc5)(c5ccccc5)c5ccccc5-6)c5ccc6c(ccc7ccccc76)c5)cc4)cccc32)cc1. The van der Waals surface area contributed by atoms with Crippen LogP contribution in [0.5, 0.6) is 0 Å². The van der Waals surface area contributed by atoms with Crippen LogP contribution in [-0.2, 0) is 5.41 Å². The van der Waals surface area contributed by atoms with Gasteiger partial charge in [0, 0.05) is 33.5 Å². The zero-order valence-electron chi connectivity index (χ0n) is 35.6. The second-order valence-corrected chi connectivity index (χ2v) is 17.2. The molecule has 0 saturated heterocycles. The largest absolute Gasteiger partial charge is 0.310 e. The molecule has 304 valence electrons. The van der Waals surface area contributed by atoms with Crippen molar-refractivity contribution in [2.24, 2.45) is 0 Å². The first-order chi connectivity index (χ1) is 32.3. The first-order valence-corrected chi connectivity index (χ1v) is 22.5. The van der Waals surface area contributed by atoms with Crippen molar-refractivity contribution in [2.45, 2.75) is 5.41 Å². The highest BCUT2D eigenvalue weighted by Crippen LogP contribution is 2.57. The van der Waals surface area contributed by atoms with Gasteiger partial charge in [-0.05, 0) is 127 Å². The van der Waals surface area contributed by atoms with E-state index in [2.05, 4.69) is 264 Å². The van der Waals surface area contributed by atoms with Crippen LogP contribution in [0.1, 0.15) is 22.3 Å². The zero-order chi connectivity index (χ0) is 42.9. The molecule has 11 aromatic carbocycles. The van der Waals surface area contributed by atoms with E-state index in [1.807, 2.05) is 0 Å². The third kappa shape index (κ3) is 5.67. The normalized spacial score (nSPS) is 12.7. The second-order valence-electron chi connectivity index (χ2n) is 17.2. The average Bonchev–Trinajstić information content (AvgIpc) is 3.88. The van der Waals surface area contributed by atoms with Crippen LogP contribution in [0.25, 0.3) is 71.3 Å². The van der Waals surface area contributed by atoms with E-state index in [-0.39, 0.29) is 0 Å². The molecular weight excluding hydrogens is 785 g/mol. The lowest BCUT2D eigenvalue weighted by atomic mass is 9.67. The molecule has 0 bridgehead atoms. The van der Waals surface area contributed by atoms with Crippen molar-refractivity contribution in [1.82, 2.24) is 4.57 Å². The summed E-state index contributed by atoms with van der Waals surface area (Å²) in [5.74, 6) is 0. The van der Waals surface area contributed by atoms with Crippen molar-refractivity contribution >= 4 is 60.4 Å². The van der Waals surface area contributed by atoms with Gasteiger partial charge in [-0.3, -0.25) is 0 Å². The number of anilines is 3. The summed E-state index contributed by atoms with van der Waals surface area (Å²) in [5, 5.41) is 7.48. The first kappa shape index (κ1) is 37.1. The minimum atomic E-state index is -0.514.